The number of nitrogens with zero attached hydrogens (tertiary/aromatic N) is 1. The van der Waals surface area contributed by atoms with Crippen LogP contribution in [0.2, 0.25) is 0 Å². The fourth-order valence-electron chi connectivity index (χ4n) is 1.54. The molecule has 0 bridgehead atoms. The minimum Gasteiger partial charge on any atom is -0.271 e. The zero-order valence-electron chi connectivity index (χ0n) is 8.74. The van der Waals surface area contributed by atoms with Gasteiger partial charge in [0.25, 0.3) is 0 Å². The Hall–Kier alpha value is -0.270. The molecule has 0 aliphatic rings. The van der Waals surface area contributed by atoms with Crippen molar-refractivity contribution in [3.8, 4) is 0 Å². The van der Waals surface area contributed by atoms with Crippen LogP contribution in [0.25, 0.3) is 0 Å². The Bertz CT molecular complexity index is 466. The predicted octanol–water partition coefficient (Wildman–Crippen LogP) is 3.02. The number of nitrogens with one attached hydrogen (secondary N) is 1. The van der Waals surface area contributed by atoms with Crippen LogP contribution in [-0.2, 0) is 6.42 Å². The maximum atomic E-state index is 5.61. The molecule has 0 aromatic carbocycles. The zero-order chi connectivity index (χ0) is 11.5. The van der Waals surface area contributed by atoms with Crippen molar-refractivity contribution >= 4 is 38.6 Å². The van der Waals surface area contributed by atoms with Gasteiger partial charge in [0.2, 0.25) is 0 Å². The second kappa shape index (κ2) is 5.37. The molecule has 16 heavy (non-hydrogen) atoms. The van der Waals surface area contributed by atoms with Gasteiger partial charge in [0, 0.05) is 16.2 Å². The maximum Gasteiger partial charge on any atom is 0.0798 e. The third-order valence-electron chi connectivity index (χ3n) is 2.33. The van der Waals surface area contributed by atoms with E-state index in [0.29, 0.717) is 0 Å². The van der Waals surface area contributed by atoms with Gasteiger partial charge in [0.15, 0.2) is 0 Å². The fraction of sp³-hybridized carbons (Fsp3) is 0.300. The zero-order valence-corrected chi connectivity index (χ0v) is 12.0. The first-order valence-corrected chi connectivity index (χ1v) is 7.30. The van der Waals surface area contributed by atoms with Gasteiger partial charge in [-0.25, -0.2) is 4.98 Å². The highest BCUT2D eigenvalue weighted by molar-refractivity contribution is 9.11. The predicted molar refractivity (Wildman–Crippen MR) is 72.6 cm³/mol. The van der Waals surface area contributed by atoms with Crippen molar-refractivity contribution in [2.75, 3.05) is 0 Å². The summed E-state index contributed by atoms with van der Waals surface area (Å²) < 4.78 is 1.15. The van der Waals surface area contributed by atoms with Crippen molar-refractivity contribution < 1.29 is 0 Å². The summed E-state index contributed by atoms with van der Waals surface area (Å²) in [6, 6.07) is 4.33. The second-order valence-electron chi connectivity index (χ2n) is 3.43. The Balaban J connectivity index is 2.15. The lowest BCUT2D eigenvalue weighted by molar-refractivity contribution is 0.561. The molecule has 2 aromatic heterocycles. The molecule has 3 N–H and O–H groups in total. The number of aromatic nitrogens is 1. The van der Waals surface area contributed by atoms with Crippen molar-refractivity contribution in [3.05, 3.63) is 36.9 Å². The summed E-state index contributed by atoms with van der Waals surface area (Å²) in [6.45, 7) is 2.01. The molecule has 3 nitrogen and oxygen atoms in total. The summed E-state index contributed by atoms with van der Waals surface area (Å²) in [6.07, 6.45) is 0.899. The average Bonchev–Trinajstić information content (AvgIpc) is 2.84. The number of thiophene rings is 1. The molecule has 0 aliphatic heterocycles. The smallest absolute Gasteiger partial charge is 0.0798 e. The number of hydrogen-bond donors (Lipinski definition) is 2. The second-order valence-corrected chi connectivity index (χ2v) is 6.87. The van der Waals surface area contributed by atoms with Crippen LogP contribution >= 0.6 is 38.6 Å². The Labute approximate surface area is 111 Å². The van der Waals surface area contributed by atoms with Gasteiger partial charge in [-0.3, -0.25) is 11.3 Å². The van der Waals surface area contributed by atoms with E-state index in [1.165, 1.54) is 9.75 Å². The van der Waals surface area contributed by atoms with Crippen LogP contribution in [0, 0.1) is 6.92 Å². The van der Waals surface area contributed by atoms with E-state index in [1.54, 1.807) is 22.7 Å². The van der Waals surface area contributed by atoms with E-state index in [9.17, 15) is 0 Å². The molecule has 0 fully saturated rings. The van der Waals surface area contributed by atoms with Crippen LogP contribution in [0.3, 0.4) is 0 Å². The van der Waals surface area contributed by atoms with Gasteiger partial charge in [-0.05, 0) is 35.0 Å². The molecule has 0 saturated carbocycles. The van der Waals surface area contributed by atoms with E-state index in [-0.39, 0.29) is 6.04 Å². The molecule has 0 aliphatic carbocycles. The molecule has 0 saturated heterocycles. The average molecular weight is 318 g/mol. The minimum absolute atomic E-state index is 0.151. The molecule has 1 unspecified atom stereocenters. The summed E-state index contributed by atoms with van der Waals surface area (Å²) >= 11 is 6.85. The quantitative estimate of drug-likeness (QED) is 0.673. The SMILES string of the molecule is Cc1ncsc1C(Cc1ccc(Br)s1)NN. The van der Waals surface area contributed by atoms with Crippen LogP contribution in [0.15, 0.2) is 21.4 Å². The number of rotatable bonds is 4. The summed E-state index contributed by atoms with van der Waals surface area (Å²) in [4.78, 5) is 6.77. The molecular formula is C10H12BrN3S2. The molecule has 2 aromatic rings. The molecule has 1 atom stereocenters. The van der Waals surface area contributed by atoms with Crippen LogP contribution < -0.4 is 11.3 Å². The first-order chi connectivity index (χ1) is 7.70. The summed E-state index contributed by atoms with van der Waals surface area (Å²) in [5, 5.41) is 0. The Morgan fingerprint density at radius 1 is 1.56 bits per heavy atom. The first-order valence-electron chi connectivity index (χ1n) is 4.81. The van der Waals surface area contributed by atoms with Crippen molar-refractivity contribution in [2.45, 2.75) is 19.4 Å². The number of hydrogen-bond acceptors (Lipinski definition) is 5. The standard InChI is InChI=1S/C10H12BrN3S2/c1-6-10(15-5-13-6)8(14-12)4-7-2-3-9(11)16-7/h2-3,5,8,14H,4,12H2,1H3. The Kier molecular flexibility index (Phi) is 4.10. The lowest BCUT2D eigenvalue weighted by Gasteiger charge is -2.13. The lowest BCUT2D eigenvalue weighted by atomic mass is 10.1. The molecule has 2 rings (SSSR count). The molecule has 2 heterocycles. The summed E-state index contributed by atoms with van der Waals surface area (Å²) in [5.41, 5.74) is 5.78. The highest BCUT2D eigenvalue weighted by Crippen LogP contribution is 2.29. The van der Waals surface area contributed by atoms with Crippen LogP contribution in [0.5, 0.6) is 0 Å². The van der Waals surface area contributed by atoms with E-state index < -0.39 is 0 Å². The van der Waals surface area contributed by atoms with Gasteiger partial charge in [0.05, 0.1) is 21.0 Å². The van der Waals surface area contributed by atoms with Crippen molar-refractivity contribution in [1.82, 2.24) is 10.4 Å². The van der Waals surface area contributed by atoms with E-state index in [1.807, 2.05) is 12.4 Å². The van der Waals surface area contributed by atoms with Crippen LogP contribution in [-0.4, -0.2) is 4.98 Å². The first kappa shape index (κ1) is 12.2. The van der Waals surface area contributed by atoms with E-state index in [4.69, 9.17) is 5.84 Å². The van der Waals surface area contributed by atoms with Gasteiger partial charge in [-0.1, -0.05) is 0 Å². The number of aryl methyl sites for hydroxylation is 1. The summed E-state index contributed by atoms with van der Waals surface area (Å²) in [7, 11) is 0. The van der Waals surface area contributed by atoms with Crippen LogP contribution in [0.4, 0.5) is 0 Å². The fourth-order valence-corrected chi connectivity index (χ4v) is 3.93. The van der Waals surface area contributed by atoms with E-state index >= 15 is 0 Å². The molecular weight excluding hydrogens is 306 g/mol. The van der Waals surface area contributed by atoms with Crippen molar-refractivity contribution in [1.29, 1.82) is 0 Å². The molecule has 6 heteroatoms. The van der Waals surface area contributed by atoms with E-state index in [2.05, 4.69) is 38.5 Å². The Morgan fingerprint density at radius 2 is 2.38 bits per heavy atom. The highest BCUT2D eigenvalue weighted by Gasteiger charge is 2.16. The van der Waals surface area contributed by atoms with Gasteiger partial charge in [0.1, 0.15) is 0 Å². The highest BCUT2D eigenvalue weighted by atomic mass is 79.9. The van der Waals surface area contributed by atoms with Crippen molar-refractivity contribution in [3.63, 3.8) is 0 Å². The topological polar surface area (TPSA) is 50.9 Å². The minimum atomic E-state index is 0.151. The van der Waals surface area contributed by atoms with E-state index in [0.717, 1.165) is 15.9 Å². The number of nitrogens with two attached hydrogens (primary N) is 1. The van der Waals surface area contributed by atoms with Gasteiger partial charge in [-0.2, -0.15) is 0 Å². The molecule has 0 spiro atoms. The van der Waals surface area contributed by atoms with Gasteiger partial charge >= 0.3 is 0 Å². The van der Waals surface area contributed by atoms with Crippen molar-refractivity contribution in [2.24, 2.45) is 5.84 Å². The number of hydrazine groups is 1. The molecule has 0 amide bonds. The third kappa shape index (κ3) is 2.70. The molecule has 0 radical (unpaired) electrons. The third-order valence-corrected chi connectivity index (χ3v) is 5.03. The summed E-state index contributed by atoms with van der Waals surface area (Å²) in [5.74, 6) is 5.61. The number of thiazole rings is 1. The van der Waals surface area contributed by atoms with Crippen LogP contribution in [0.1, 0.15) is 21.5 Å². The van der Waals surface area contributed by atoms with Gasteiger partial charge < -0.3 is 0 Å². The normalized spacial score (nSPS) is 12.9. The number of halogens is 1. The van der Waals surface area contributed by atoms with Gasteiger partial charge in [-0.15, -0.1) is 22.7 Å². The largest absolute Gasteiger partial charge is 0.271 e. The molecule has 86 valence electrons. The lowest BCUT2D eigenvalue weighted by Crippen LogP contribution is -2.29. The maximum absolute atomic E-state index is 5.61. The monoisotopic (exact) mass is 317 g/mol. The Morgan fingerprint density at radius 3 is 2.88 bits per heavy atom.